The van der Waals surface area contributed by atoms with Crippen LogP contribution in [0, 0.1) is 0 Å². The fraction of sp³-hybridized carbons (Fsp3) is 0.429. The van der Waals surface area contributed by atoms with Crippen molar-refractivity contribution in [2.75, 3.05) is 12.0 Å². The van der Waals surface area contributed by atoms with Gasteiger partial charge < -0.3 is 5.11 Å². The van der Waals surface area contributed by atoms with E-state index in [0.717, 1.165) is 25.0 Å². The first-order valence-corrected chi connectivity index (χ1v) is 8.20. The van der Waals surface area contributed by atoms with Gasteiger partial charge in [-0.2, -0.15) is 11.8 Å². The Hall–Kier alpha value is -0.510. The molecule has 3 heteroatoms. The summed E-state index contributed by atoms with van der Waals surface area (Å²) >= 11 is 3.61. The zero-order valence-electron chi connectivity index (χ0n) is 10.1. The predicted octanol–water partition coefficient (Wildman–Crippen LogP) is 3.95. The maximum absolute atomic E-state index is 10.0. The third-order valence-corrected chi connectivity index (χ3v) is 4.61. The van der Waals surface area contributed by atoms with E-state index in [1.54, 1.807) is 11.3 Å². The Bertz CT molecular complexity index is 464. The molecule has 0 saturated carbocycles. The van der Waals surface area contributed by atoms with Crippen LogP contribution in [0.4, 0.5) is 0 Å². The molecule has 0 aliphatic heterocycles. The van der Waals surface area contributed by atoms with E-state index in [0.29, 0.717) is 0 Å². The van der Waals surface area contributed by atoms with E-state index in [2.05, 4.69) is 35.9 Å². The molecule has 2 aromatic rings. The second kappa shape index (κ2) is 6.43. The monoisotopic (exact) mass is 266 g/mol. The van der Waals surface area contributed by atoms with Crippen LogP contribution in [0.5, 0.6) is 0 Å². The average molecular weight is 266 g/mol. The fourth-order valence-corrected chi connectivity index (χ4v) is 3.44. The molecule has 0 spiro atoms. The van der Waals surface area contributed by atoms with Crippen LogP contribution in [0.15, 0.2) is 29.6 Å². The summed E-state index contributed by atoms with van der Waals surface area (Å²) in [6.45, 7) is 0. The molecular weight excluding hydrogens is 248 g/mol. The van der Waals surface area contributed by atoms with E-state index in [9.17, 15) is 5.11 Å². The van der Waals surface area contributed by atoms with E-state index in [4.69, 9.17) is 0 Å². The van der Waals surface area contributed by atoms with Crippen molar-refractivity contribution in [1.29, 1.82) is 0 Å². The second-order valence-electron chi connectivity index (χ2n) is 4.25. The molecule has 0 aliphatic carbocycles. The Balaban J connectivity index is 1.98. The lowest BCUT2D eigenvalue weighted by molar-refractivity contribution is 0.164. The number of hydrogen-bond acceptors (Lipinski definition) is 3. The van der Waals surface area contributed by atoms with Gasteiger partial charge in [-0.1, -0.05) is 18.2 Å². The molecule has 1 N–H and O–H groups in total. The van der Waals surface area contributed by atoms with Gasteiger partial charge >= 0.3 is 0 Å². The second-order valence-corrected chi connectivity index (χ2v) is 6.15. The smallest absolute Gasteiger partial charge is 0.0581 e. The summed E-state index contributed by atoms with van der Waals surface area (Å²) in [4.78, 5) is 0. The maximum Gasteiger partial charge on any atom is 0.0581 e. The maximum atomic E-state index is 10.0. The SMILES string of the molecule is CSCCCC(O)Cc1csc2ccccc12. The Kier molecular flexibility index (Phi) is 4.89. The number of fused-ring (bicyclic) bond motifs is 1. The number of aliphatic hydroxyl groups excluding tert-OH is 1. The minimum atomic E-state index is -0.194. The third kappa shape index (κ3) is 3.47. The molecule has 17 heavy (non-hydrogen) atoms. The van der Waals surface area contributed by atoms with Gasteiger partial charge in [0.15, 0.2) is 0 Å². The molecule has 0 saturated heterocycles. The van der Waals surface area contributed by atoms with Crippen LogP contribution in [0.25, 0.3) is 10.1 Å². The van der Waals surface area contributed by atoms with Crippen LogP contribution in [0.1, 0.15) is 18.4 Å². The van der Waals surface area contributed by atoms with Gasteiger partial charge in [-0.05, 0) is 53.7 Å². The van der Waals surface area contributed by atoms with E-state index in [1.807, 2.05) is 11.8 Å². The molecule has 1 nitrogen and oxygen atoms in total. The highest BCUT2D eigenvalue weighted by molar-refractivity contribution is 7.98. The van der Waals surface area contributed by atoms with Gasteiger partial charge in [0.25, 0.3) is 0 Å². The molecule has 1 aromatic carbocycles. The first-order chi connectivity index (χ1) is 8.31. The van der Waals surface area contributed by atoms with Gasteiger partial charge in [-0.3, -0.25) is 0 Å². The quantitative estimate of drug-likeness (QED) is 0.799. The van der Waals surface area contributed by atoms with Gasteiger partial charge in [0.1, 0.15) is 0 Å². The summed E-state index contributed by atoms with van der Waals surface area (Å²) < 4.78 is 1.32. The molecule has 0 amide bonds. The molecular formula is C14H18OS2. The van der Waals surface area contributed by atoms with Crippen molar-refractivity contribution in [3.8, 4) is 0 Å². The lowest BCUT2D eigenvalue weighted by Crippen LogP contribution is -2.10. The normalized spacial score (nSPS) is 13.1. The van der Waals surface area contributed by atoms with Gasteiger partial charge in [-0.25, -0.2) is 0 Å². The fourth-order valence-electron chi connectivity index (χ4n) is 2.01. The number of thioether (sulfide) groups is 1. The molecule has 0 bridgehead atoms. The largest absolute Gasteiger partial charge is 0.393 e. The highest BCUT2D eigenvalue weighted by Gasteiger charge is 2.09. The molecule has 1 atom stereocenters. The van der Waals surface area contributed by atoms with Gasteiger partial charge in [0.2, 0.25) is 0 Å². The Morgan fingerprint density at radius 3 is 3.00 bits per heavy atom. The van der Waals surface area contributed by atoms with Crippen molar-refractivity contribution in [2.24, 2.45) is 0 Å². The number of hydrogen-bond donors (Lipinski definition) is 1. The van der Waals surface area contributed by atoms with Crippen LogP contribution in [0.3, 0.4) is 0 Å². The molecule has 1 unspecified atom stereocenters. The number of benzene rings is 1. The molecule has 2 rings (SSSR count). The van der Waals surface area contributed by atoms with Crippen molar-refractivity contribution in [1.82, 2.24) is 0 Å². The Morgan fingerprint density at radius 2 is 2.18 bits per heavy atom. The first-order valence-electron chi connectivity index (χ1n) is 5.93. The summed E-state index contributed by atoms with van der Waals surface area (Å²) in [5.41, 5.74) is 1.29. The van der Waals surface area contributed by atoms with Crippen molar-refractivity contribution in [3.63, 3.8) is 0 Å². The van der Waals surface area contributed by atoms with Crippen LogP contribution in [-0.4, -0.2) is 23.2 Å². The number of rotatable bonds is 6. The van der Waals surface area contributed by atoms with Gasteiger partial charge in [0.05, 0.1) is 6.10 Å². The first kappa shape index (κ1) is 12.9. The number of thiophene rings is 1. The molecule has 0 radical (unpaired) electrons. The van der Waals surface area contributed by atoms with E-state index in [1.165, 1.54) is 15.6 Å². The Morgan fingerprint density at radius 1 is 1.35 bits per heavy atom. The van der Waals surface area contributed by atoms with Gasteiger partial charge in [0, 0.05) is 4.70 Å². The molecule has 0 fully saturated rings. The predicted molar refractivity (Wildman–Crippen MR) is 79.2 cm³/mol. The number of aliphatic hydroxyl groups is 1. The zero-order valence-corrected chi connectivity index (χ0v) is 11.7. The third-order valence-electron chi connectivity index (χ3n) is 2.90. The van der Waals surface area contributed by atoms with Crippen molar-refractivity contribution < 1.29 is 5.11 Å². The minimum Gasteiger partial charge on any atom is -0.393 e. The zero-order chi connectivity index (χ0) is 12.1. The highest BCUT2D eigenvalue weighted by atomic mass is 32.2. The average Bonchev–Trinajstić information content (AvgIpc) is 2.73. The van der Waals surface area contributed by atoms with Gasteiger partial charge in [-0.15, -0.1) is 11.3 Å². The van der Waals surface area contributed by atoms with Crippen LogP contribution < -0.4 is 0 Å². The lowest BCUT2D eigenvalue weighted by atomic mass is 10.0. The van der Waals surface area contributed by atoms with E-state index in [-0.39, 0.29) is 6.10 Å². The summed E-state index contributed by atoms with van der Waals surface area (Å²) in [5, 5.41) is 13.5. The minimum absolute atomic E-state index is 0.194. The van der Waals surface area contributed by atoms with Crippen LogP contribution >= 0.6 is 23.1 Å². The lowest BCUT2D eigenvalue weighted by Gasteiger charge is -2.09. The van der Waals surface area contributed by atoms with Crippen LogP contribution in [-0.2, 0) is 6.42 Å². The van der Waals surface area contributed by atoms with Crippen molar-refractivity contribution in [3.05, 3.63) is 35.2 Å². The summed E-state index contributed by atoms with van der Waals surface area (Å²) in [7, 11) is 0. The van der Waals surface area contributed by atoms with Crippen molar-refractivity contribution >= 4 is 33.2 Å². The van der Waals surface area contributed by atoms with Crippen LogP contribution in [0.2, 0.25) is 0 Å². The highest BCUT2D eigenvalue weighted by Crippen LogP contribution is 2.27. The van der Waals surface area contributed by atoms with E-state index >= 15 is 0 Å². The molecule has 1 heterocycles. The summed E-state index contributed by atoms with van der Waals surface area (Å²) in [6.07, 6.45) is 4.72. The summed E-state index contributed by atoms with van der Waals surface area (Å²) in [5.74, 6) is 1.14. The molecule has 92 valence electrons. The van der Waals surface area contributed by atoms with Crippen molar-refractivity contribution in [2.45, 2.75) is 25.4 Å². The standard InChI is InChI=1S/C14H18OS2/c1-16-8-4-5-12(15)9-11-10-17-14-7-3-2-6-13(11)14/h2-3,6-7,10,12,15H,4-5,8-9H2,1H3. The summed E-state index contributed by atoms with van der Waals surface area (Å²) in [6, 6.07) is 8.43. The molecule has 0 aliphatic rings. The molecule has 1 aromatic heterocycles. The Labute approximate surface area is 111 Å². The topological polar surface area (TPSA) is 20.2 Å². The van der Waals surface area contributed by atoms with E-state index < -0.39 is 0 Å².